The summed E-state index contributed by atoms with van der Waals surface area (Å²) in [4.78, 5) is 27.9. The molecule has 3 aromatic carbocycles. The Morgan fingerprint density at radius 2 is 1.44 bits per heavy atom. The molecule has 0 bridgehead atoms. The van der Waals surface area contributed by atoms with Crippen LogP contribution in [0.15, 0.2) is 78.5 Å². The van der Waals surface area contributed by atoms with Crippen molar-refractivity contribution in [2.24, 2.45) is 0 Å². The zero-order chi connectivity index (χ0) is 22.7. The highest BCUT2D eigenvalue weighted by molar-refractivity contribution is 6.37. The van der Waals surface area contributed by atoms with E-state index in [1.807, 2.05) is 0 Å². The molecule has 7 heteroatoms. The first-order valence-electron chi connectivity index (χ1n) is 9.92. The van der Waals surface area contributed by atoms with Gasteiger partial charge in [0.25, 0.3) is 11.8 Å². The number of methoxy groups -OCH3 is 2. The van der Waals surface area contributed by atoms with E-state index in [1.165, 1.54) is 20.3 Å². The standard InChI is InChI=1S/C25H21FN2O4/c1-31-20-13-7-4-10-17(20)22-23(27-19-12-6-8-14-21(19)32-2)25(30)28(24(22)29)15-16-9-3-5-11-18(16)26/h3-14,27H,15H2,1-2H3. The van der Waals surface area contributed by atoms with Crippen molar-refractivity contribution in [3.8, 4) is 11.5 Å². The number of hydrogen-bond donors (Lipinski definition) is 1. The van der Waals surface area contributed by atoms with Gasteiger partial charge in [-0.1, -0.05) is 48.5 Å². The molecule has 0 aliphatic carbocycles. The highest BCUT2D eigenvalue weighted by Gasteiger charge is 2.40. The van der Waals surface area contributed by atoms with Crippen LogP contribution in [0.5, 0.6) is 11.5 Å². The Morgan fingerprint density at radius 1 is 0.812 bits per heavy atom. The zero-order valence-electron chi connectivity index (χ0n) is 17.6. The van der Waals surface area contributed by atoms with Gasteiger partial charge < -0.3 is 14.8 Å². The highest BCUT2D eigenvalue weighted by Crippen LogP contribution is 2.37. The number of carbonyl (C=O) groups excluding carboxylic acids is 2. The second kappa shape index (κ2) is 8.93. The van der Waals surface area contributed by atoms with E-state index in [9.17, 15) is 14.0 Å². The van der Waals surface area contributed by atoms with Crippen molar-refractivity contribution >= 4 is 23.1 Å². The number of rotatable bonds is 7. The van der Waals surface area contributed by atoms with Crippen LogP contribution < -0.4 is 14.8 Å². The fourth-order valence-electron chi connectivity index (χ4n) is 3.62. The molecule has 0 radical (unpaired) electrons. The summed E-state index contributed by atoms with van der Waals surface area (Å²) in [5, 5.41) is 3.06. The quantitative estimate of drug-likeness (QED) is 0.566. The molecule has 3 aromatic rings. The van der Waals surface area contributed by atoms with Gasteiger partial charge in [-0.2, -0.15) is 0 Å². The molecule has 1 heterocycles. The second-order valence-corrected chi connectivity index (χ2v) is 7.06. The van der Waals surface area contributed by atoms with E-state index in [-0.39, 0.29) is 23.4 Å². The summed E-state index contributed by atoms with van der Waals surface area (Å²) in [6.07, 6.45) is 0. The lowest BCUT2D eigenvalue weighted by Crippen LogP contribution is -2.32. The van der Waals surface area contributed by atoms with Crippen LogP contribution in [0.1, 0.15) is 11.1 Å². The van der Waals surface area contributed by atoms with E-state index in [4.69, 9.17) is 9.47 Å². The number of benzene rings is 3. The zero-order valence-corrected chi connectivity index (χ0v) is 17.6. The van der Waals surface area contributed by atoms with Gasteiger partial charge in [-0.25, -0.2) is 4.39 Å². The minimum absolute atomic E-state index is 0.0698. The molecule has 0 saturated carbocycles. The Morgan fingerprint density at radius 3 is 2.16 bits per heavy atom. The minimum atomic E-state index is -0.565. The molecule has 0 unspecified atom stereocenters. The summed E-state index contributed by atoms with van der Waals surface area (Å²) in [7, 11) is 3.01. The molecule has 0 saturated heterocycles. The van der Waals surface area contributed by atoms with Gasteiger partial charge in [0.15, 0.2) is 0 Å². The number of ether oxygens (including phenoxy) is 2. The summed E-state index contributed by atoms with van der Waals surface area (Å²) in [5.74, 6) is -0.647. The number of anilines is 1. The van der Waals surface area contributed by atoms with E-state index >= 15 is 0 Å². The molecular formula is C25H21FN2O4. The molecule has 0 fully saturated rings. The summed E-state index contributed by atoms with van der Waals surface area (Å²) in [5.41, 5.74) is 1.44. The summed E-state index contributed by atoms with van der Waals surface area (Å²) >= 11 is 0. The molecule has 1 N–H and O–H groups in total. The number of imide groups is 1. The first kappa shape index (κ1) is 21.1. The van der Waals surface area contributed by atoms with E-state index in [2.05, 4.69) is 5.32 Å². The largest absolute Gasteiger partial charge is 0.496 e. The van der Waals surface area contributed by atoms with E-state index in [0.29, 0.717) is 22.7 Å². The monoisotopic (exact) mass is 432 g/mol. The summed E-state index contributed by atoms with van der Waals surface area (Å²) in [6, 6.07) is 20.1. The molecule has 1 aliphatic rings. The van der Waals surface area contributed by atoms with Gasteiger partial charge in [-0.3, -0.25) is 14.5 Å². The lowest BCUT2D eigenvalue weighted by Gasteiger charge is -2.16. The molecule has 4 rings (SSSR count). The fourth-order valence-corrected chi connectivity index (χ4v) is 3.62. The van der Waals surface area contributed by atoms with Crippen molar-refractivity contribution in [3.05, 3.63) is 95.4 Å². The van der Waals surface area contributed by atoms with Crippen LogP contribution in [0.3, 0.4) is 0 Å². The number of amides is 2. The number of hydrogen-bond acceptors (Lipinski definition) is 5. The number of halogens is 1. The molecule has 162 valence electrons. The van der Waals surface area contributed by atoms with Crippen molar-refractivity contribution in [2.75, 3.05) is 19.5 Å². The number of nitrogens with zero attached hydrogens (tertiary/aromatic N) is 1. The number of carbonyl (C=O) groups is 2. The topological polar surface area (TPSA) is 67.9 Å². The maximum absolute atomic E-state index is 14.3. The minimum Gasteiger partial charge on any atom is -0.496 e. The highest BCUT2D eigenvalue weighted by atomic mass is 19.1. The van der Waals surface area contributed by atoms with Crippen LogP contribution in [0, 0.1) is 5.82 Å². The number of nitrogens with one attached hydrogen (secondary N) is 1. The van der Waals surface area contributed by atoms with Crippen molar-refractivity contribution in [3.63, 3.8) is 0 Å². The van der Waals surface area contributed by atoms with E-state index in [0.717, 1.165) is 4.90 Å². The Labute approximate surface area is 184 Å². The van der Waals surface area contributed by atoms with Crippen LogP contribution in [0.25, 0.3) is 5.57 Å². The third-order valence-electron chi connectivity index (χ3n) is 5.20. The molecule has 32 heavy (non-hydrogen) atoms. The van der Waals surface area contributed by atoms with E-state index in [1.54, 1.807) is 66.7 Å². The lowest BCUT2D eigenvalue weighted by atomic mass is 10.0. The van der Waals surface area contributed by atoms with Crippen molar-refractivity contribution in [1.29, 1.82) is 0 Å². The van der Waals surface area contributed by atoms with Crippen molar-refractivity contribution < 1.29 is 23.5 Å². The maximum atomic E-state index is 14.3. The van der Waals surface area contributed by atoms with E-state index < -0.39 is 17.6 Å². The van der Waals surface area contributed by atoms with Crippen LogP contribution in [-0.4, -0.2) is 30.9 Å². The molecule has 0 atom stereocenters. The fraction of sp³-hybridized carbons (Fsp3) is 0.120. The van der Waals surface area contributed by atoms with Gasteiger partial charge in [0, 0.05) is 11.1 Å². The first-order chi connectivity index (χ1) is 15.5. The van der Waals surface area contributed by atoms with Crippen LogP contribution in [0.2, 0.25) is 0 Å². The summed E-state index contributed by atoms with van der Waals surface area (Å²) < 4.78 is 25.1. The maximum Gasteiger partial charge on any atom is 0.278 e. The first-order valence-corrected chi connectivity index (χ1v) is 9.92. The van der Waals surface area contributed by atoms with Gasteiger partial charge in [0.05, 0.1) is 32.0 Å². The third-order valence-corrected chi connectivity index (χ3v) is 5.20. The molecule has 2 amide bonds. The Balaban J connectivity index is 1.82. The van der Waals surface area contributed by atoms with Gasteiger partial charge in [-0.05, 0) is 24.3 Å². The molecule has 0 spiro atoms. The average molecular weight is 432 g/mol. The van der Waals surface area contributed by atoms with Crippen molar-refractivity contribution in [2.45, 2.75) is 6.54 Å². The predicted molar refractivity (Wildman–Crippen MR) is 118 cm³/mol. The van der Waals surface area contributed by atoms with Crippen LogP contribution in [-0.2, 0) is 16.1 Å². The Bertz CT molecular complexity index is 1220. The molecular weight excluding hydrogens is 411 g/mol. The molecule has 1 aliphatic heterocycles. The van der Waals surface area contributed by atoms with Crippen LogP contribution in [0.4, 0.5) is 10.1 Å². The van der Waals surface area contributed by atoms with Crippen molar-refractivity contribution in [1.82, 2.24) is 4.90 Å². The number of para-hydroxylation sites is 3. The van der Waals surface area contributed by atoms with Gasteiger partial charge >= 0.3 is 0 Å². The van der Waals surface area contributed by atoms with Crippen LogP contribution >= 0.6 is 0 Å². The smallest absolute Gasteiger partial charge is 0.278 e. The third kappa shape index (κ3) is 3.80. The normalized spacial score (nSPS) is 13.5. The molecule has 0 aromatic heterocycles. The average Bonchev–Trinajstić information content (AvgIpc) is 3.04. The van der Waals surface area contributed by atoms with Gasteiger partial charge in [-0.15, -0.1) is 0 Å². The van der Waals surface area contributed by atoms with Gasteiger partial charge in [0.1, 0.15) is 23.0 Å². The SMILES string of the molecule is COc1ccccc1NC1=C(c2ccccc2OC)C(=O)N(Cc2ccccc2F)C1=O. The molecule has 6 nitrogen and oxygen atoms in total. The van der Waals surface area contributed by atoms with Gasteiger partial charge in [0.2, 0.25) is 0 Å². The Kier molecular flexibility index (Phi) is 5.89. The predicted octanol–water partition coefficient (Wildman–Crippen LogP) is 4.24. The second-order valence-electron chi connectivity index (χ2n) is 7.06. The summed E-state index contributed by atoms with van der Waals surface area (Å²) in [6.45, 7) is -0.194. The lowest BCUT2D eigenvalue weighted by molar-refractivity contribution is -0.137. The Hall–Kier alpha value is -4.13.